The van der Waals surface area contributed by atoms with Crippen LogP contribution < -0.4 is 5.32 Å². The number of nitrogens with one attached hydrogen (secondary N) is 1. The molecule has 2 aromatic rings. The lowest BCUT2D eigenvalue weighted by molar-refractivity contribution is -0.148. The van der Waals surface area contributed by atoms with Crippen molar-refractivity contribution < 1.29 is 24.2 Å². The molecule has 32 heavy (non-hydrogen) atoms. The van der Waals surface area contributed by atoms with Gasteiger partial charge in [-0.15, -0.1) is 18.3 Å². The molecule has 4 rings (SSSR count). The molecule has 7 nitrogen and oxygen atoms in total. The summed E-state index contributed by atoms with van der Waals surface area (Å²) in [4.78, 5) is 38.2. The Labute approximate surface area is 190 Å². The van der Waals surface area contributed by atoms with E-state index in [2.05, 4.69) is 24.0 Å². The summed E-state index contributed by atoms with van der Waals surface area (Å²) in [7, 11) is 0. The molecular weight excluding hydrogens is 428 g/mol. The van der Waals surface area contributed by atoms with Gasteiger partial charge in [0.2, 0.25) is 5.91 Å². The Kier molecular flexibility index (Phi) is 6.50. The van der Waals surface area contributed by atoms with E-state index in [0.29, 0.717) is 5.75 Å². The zero-order valence-electron chi connectivity index (χ0n) is 17.4. The zero-order chi connectivity index (χ0) is 22.7. The predicted molar refractivity (Wildman–Crippen MR) is 122 cm³/mol. The fourth-order valence-electron chi connectivity index (χ4n) is 4.24. The lowest BCUT2D eigenvalue weighted by Gasteiger charge is -2.26. The van der Waals surface area contributed by atoms with E-state index in [1.807, 2.05) is 36.4 Å². The molecule has 2 atom stereocenters. The van der Waals surface area contributed by atoms with Crippen molar-refractivity contribution in [3.05, 3.63) is 72.3 Å². The summed E-state index contributed by atoms with van der Waals surface area (Å²) in [5, 5.41) is 12.0. The standard InChI is InChI=1S/C24H24N2O5S/c1-2-7-20(22(27)26-14-32-13-21(26)23(28)29)25-24(30)31-12-19-17-10-5-3-8-15(17)16-9-4-6-11-18(16)19/h2-6,8-11,19-21H,1,7,12-14H2,(H,25,30)(H,28,29). The van der Waals surface area contributed by atoms with Gasteiger partial charge in [0.15, 0.2) is 0 Å². The van der Waals surface area contributed by atoms with Crippen LogP contribution in [-0.4, -0.2) is 58.3 Å². The summed E-state index contributed by atoms with van der Waals surface area (Å²) < 4.78 is 5.53. The van der Waals surface area contributed by atoms with Crippen molar-refractivity contribution in [3.8, 4) is 11.1 Å². The Morgan fingerprint density at radius 1 is 1.16 bits per heavy atom. The van der Waals surface area contributed by atoms with Crippen molar-refractivity contribution in [3.63, 3.8) is 0 Å². The third-order valence-electron chi connectivity index (χ3n) is 5.79. The number of amides is 2. The number of carboxylic acids is 1. The molecular formula is C24H24N2O5S. The van der Waals surface area contributed by atoms with Crippen LogP contribution in [0.15, 0.2) is 61.2 Å². The van der Waals surface area contributed by atoms with E-state index < -0.39 is 30.1 Å². The predicted octanol–water partition coefficient (Wildman–Crippen LogP) is 3.46. The van der Waals surface area contributed by atoms with Crippen molar-refractivity contribution in [1.82, 2.24) is 10.2 Å². The average molecular weight is 453 g/mol. The minimum absolute atomic E-state index is 0.0897. The smallest absolute Gasteiger partial charge is 0.407 e. The third kappa shape index (κ3) is 4.23. The SMILES string of the molecule is C=CCC(NC(=O)OCC1c2ccccc2-c2ccccc21)C(=O)N1CSCC1C(=O)O. The molecule has 2 N–H and O–H groups in total. The molecule has 1 saturated heterocycles. The first kappa shape index (κ1) is 22.0. The minimum atomic E-state index is -1.05. The molecule has 2 aliphatic rings. The molecule has 2 unspecified atom stereocenters. The Bertz CT molecular complexity index is 1010. The largest absolute Gasteiger partial charge is 0.480 e. The molecule has 1 fully saturated rings. The van der Waals surface area contributed by atoms with Gasteiger partial charge in [0.05, 0.1) is 5.88 Å². The molecule has 1 aliphatic heterocycles. The number of alkyl carbamates (subject to hydrolysis) is 1. The highest BCUT2D eigenvalue weighted by Gasteiger charge is 2.38. The van der Waals surface area contributed by atoms with Gasteiger partial charge in [-0.25, -0.2) is 9.59 Å². The van der Waals surface area contributed by atoms with E-state index in [1.54, 1.807) is 0 Å². The topological polar surface area (TPSA) is 95.9 Å². The quantitative estimate of drug-likeness (QED) is 0.625. The molecule has 2 amide bonds. The van der Waals surface area contributed by atoms with Gasteiger partial charge in [-0.1, -0.05) is 54.6 Å². The normalized spacial score (nSPS) is 17.9. The summed E-state index contributed by atoms with van der Waals surface area (Å²) in [6, 6.07) is 14.2. The second-order valence-electron chi connectivity index (χ2n) is 7.71. The number of benzene rings is 2. The maximum Gasteiger partial charge on any atom is 0.407 e. The number of hydrogen-bond donors (Lipinski definition) is 2. The number of aliphatic carboxylic acids is 1. The molecule has 0 saturated carbocycles. The van der Waals surface area contributed by atoms with Crippen molar-refractivity contribution in [1.29, 1.82) is 0 Å². The first-order chi connectivity index (χ1) is 15.5. The first-order valence-corrected chi connectivity index (χ1v) is 11.5. The van der Waals surface area contributed by atoms with Gasteiger partial charge in [-0.05, 0) is 28.7 Å². The maximum absolute atomic E-state index is 12.9. The van der Waals surface area contributed by atoms with Gasteiger partial charge < -0.3 is 20.1 Å². The Balaban J connectivity index is 1.43. The lowest BCUT2D eigenvalue weighted by Crippen LogP contribution is -2.52. The third-order valence-corrected chi connectivity index (χ3v) is 6.80. The number of carbonyl (C=O) groups is 3. The molecule has 0 bridgehead atoms. The number of rotatable bonds is 7. The van der Waals surface area contributed by atoms with Gasteiger partial charge in [-0.3, -0.25) is 4.79 Å². The first-order valence-electron chi connectivity index (χ1n) is 10.3. The van der Waals surface area contributed by atoms with E-state index >= 15 is 0 Å². The van der Waals surface area contributed by atoms with Crippen LogP contribution in [0.5, 0.6) is 0 Å². The Morgan fingerprint density at radius 2 is 1.78 bits per heavy atom. The fraction of sp³-hybridized carbons (Fsp3) is 0.292. The van der Waals surface area contributed by atoms with E-state index in [1.165, 1.54) is 22.7 Å². The fourth-order valence-corrected chi connectivity index (χ4v) is 5.39. The zero-order valence-corrected chi connectivity index (χ0v) is 18.2. The van der Waals surface area contributed by atoms with Crippen LogP contribution in [0.2, 0.25) is 0 Å². The molecule has 1 aliphatic carbocycles. The molecule has 2 aromatic carbocycles. The molecule has 0 aromatic heterocycles. The van der Waals surface area contributed by atoms with Gasteiger partial charge in [-0.2, -0.15) is 0 Å². The van der Waals surface area contributed by atoms with Gasteiger partial charge >= 0.3 is 12.1 Å². The van der Waals surface area contributed by atoms with Crippen molar-refractivity contribution >= 4 is 29.7 Å². The van der Waals surface area contributed by atoms with Crippen LogP contribution in [-0.2, 0) is 14.3 Å². The number of fused-ring (bicyclic) bond motifs is 3. The van der Waals surface area contributed by atoms with Crippen LogP contribution >= 0.6 is 11.8 Å². The van der Waals surface area contributed by atoms with Crippen molar-refractivity contribution in [2.24, 2.45) is 0 Å². The van der Waals surface area contributed by atoms with Crippen molar-refractivity contribution in [2.45, 2.75) is 24.4 Å². The van der Waals surface area contributed by atoms with Crippen molar-refractivity contribution in [2.75, 3.05) is 18.2 Å². The Hall–Kier alpha value is -3.26. The lowest BCUT2D eigenvalue weighted by atomic mass is 9.98. The van der Waals surface area contributed by atoms with Gasteiger partial charge in [0.25, 0.3) is 0 Å². The molecule has 1 heterocycles. The highest BCUT2D eigenvalue weighted by atomic mass is 32.2. The summed E-state index contributed by atoms with van der Waals surface area (Å²) >= 11 is 1.37. The number of ether oxygens (including phenoxy) is 1. The number of thioether (sulfide) groups is 1. The highest BCUT2D eigenvalue weighted by molar-refractivity contribution is 7.99. The average Bonchev–Trinajstić information content (AvgIpc) is 3.40. The van der Waals surface area contributed by atoms with E-state index in [4.69, 9.17) is 4.74 Å². The van der Waals surface area contributed by atoms with E-state index in [0.717, 1.165) is 22.3 Å². The number of hydrogen-bond acceptors (Lipinski definition) is 5. The number of nitrogens with zero attached hydrogens (tertiary/aromatic N) is 1. The maximum atomic E-state index is 12.9. The second kappa shape index (κ2) is 9.48. The Morgan fingerprint density at radius 3 is 2.38 bits per heavy atom. The van der Waals surface area contributed by atoms with Crippen LogP contribution in [0.4, 0.5) is 4.79 Å². The van der Waals surface area contributed by atoms with E-state index in [9.17, 15) is 19.5 Å². The molecule has 0 radical (unpaired) electrons. The summed E-state index contributed by atoms with van der Waals surface area (Å²) in [6.07, 6.45) is 0.979. The summed E-state index contributed by atoms with van der Waals surface area (Å²) in [5.41, 5.74) is 4.45. The minimum Gasteiger partial charge on any atom is -0.480 e. The highest BCUT2D eigenvalue weighted by Crippen LogP contribution is 2.44. The molecule has 0 spiro atoms. The van der Waals surface area contributed by atoms with Crippen LogP contribution in [0, 0.1) is 0 Å². The monoisotopic (exact) mass is 452 g/mol. The number of carboxylic acid groups (broad SMARTS) is 1. The number of carbonyl (C=O) groups excluding carboxylic acids is 2. The van der Waals surface area contributed by atoms with E-state index in [-0.39, 0.29) is 24.8 Å². The van der Waals surface area contributed by atoms with Crippen LogP contribution in [0.25, 0.3) is 11.1 Å². The summed E-state index contributed by atoms with van der Waals surface area (Å²) in [6.45, 7) is 3.78. The van der Waals surface area contributed by atoms with Gasteiger partial charge in [0.1, 0.15) is 18.7 Å². The molecule has 8 heteroatoms. The molecule has 166 valence electrons. The summed E-state index contributed by atoms with van der Waals surface area (Å²) in [5.74, 6) is -0.992. The van der Waals surface area contributed by atoms with Crippen LogP contribution in [0.1, 0.15) is 23.5 Å². The van der Waals surface area contributed by atoms with Gasteiger partial charge in [0, 0.05) is 11.7 Å². The second-order valence-corrected chi connectivity index (χ2v) is 8.71. The van der Waals surface area contributed by atoms with Crippen LogP contribution in [0.3, 0.4) is 0 Å².